The second-order valence-corrected chi connectivity index (χ2v) is 6.28. The lowest BCUT2D eigenvalue weighted by Gasteiger charge is -2.22. The molecule has 1 atom stereocenters. The van der Waals surface area contributed by atoms with Gasteiger partial charge in [-0.05, 0) is 43.6 Å². The summed E-state index contributed by atoms with van der Waals surface area (Å²) in [6, 6.07) is 7.14. The van der Waals surface area contributed by atoms with Gasteiger partial charge in [0.1, 0.15) is 0 Å². The van der Waals surface area contributed by atoms with E-state index in [1.807, 2.05) is 0 Å². The van der Waals surface area contributed by atoms with E-state index in [0.717, 1.165) is 25.9 Å². The van der Waals surface area contributed by atoms with Gasteiger partial charge in [-0.2, -0.15) is 0 Å². The molecule has 7 nitrogen and oxygen atoms in total. The van der Waals surface area contributed by atoms with E-state index in [9.17, 15) is 9.90 Å². The normalized spacial score (nSPS) is 16.8. The maximum absolute atomic E-state index is 12.2. The Morgan fingerprint density at radius 3 is 2.79 bits per heavy atom. The highest BCUT2D eigenvalue weighted by Crippen LogP contribution is 2.18. The largest absolute Gasteiger partial charge is 0.387 e. The van der Waals surface area contributed by atoms with Crippen molar-refractivity contribution in [2.75, 3.05) is 19.6 Å². The monoisotopic (exact) mass is 349 g/mol. The standard InChI is InChI=1S/C16H20ClN5O2/c17-12-3-1-11(2-4-12)15(23)9-19-16(24)14-10-22(21-20-14)13-5-7-18-8-6-13/h1-4,10,13,15,18,23H,5-9H2,(H,19,24)/t15-/m0/s1. The molecule has 0 aliphatic carbocycles. The second kappa shape index (κ2) is 7.74. The Kier molecular flexibility index (Phi) is 5.44. The van der Waals surface area contributed by atoms with Crippen molar-refractivity contribution >= 4 is 17.5 Å². The summed E-state index contributed by atoms with van der Waals surface area (Å²) < 4.78 is 1.76. The van der Waals surface area contributed by atoms with Gasteiger partial charge in [0.2, 0.25) is 0 Å². The van der Waals surface area contributed by atoms with Gasteiger partial charge in [0.05, 0.1) is 18.3 Å². The summed E-state index contributed by atoms with van der Waals surface area (Å²) in [7, 11) is 0. The lowest BCUT2D eigenvalue weighted by molar-refractivity contribution is 0.0911. The topological polar surface area (TPSA) is 92.1 Å². The number of aliphatic hydroxyl groups is 1. The van der Waals surface area contributed by atoms with Gasteiger partial charge in [-0.15, -0.1) is 5.10 Å². The third kappa shape index (κ3) is 4.11. The number of halogens is 1. The number of piperidine rings is 1. The molecule has 1 saturated heterocycles. The molecule has 1 fully saturated rings. The Bertz CT molecular complexity index is 682. The first-order valence-electron chi connectivity index (χ1n) is 7.98. The summed E-state index contributed by atoms with van der Waals surface area (Å²) in [4.78, 5) is 12.2. The molecule has 128 valence electrons. The molecule has 1 aliphatic heterocycles. The predicted molar refractivity (Wildman–Crippen MR) is 89.9 cm³/mol. The van der Waals surface area contributed by atoms with Gasteiger partial charge in [-0.1, -0.05) is 28.9 Å². The summed E-state index contributed by atoms with van der Waals surface area (Å²) in [5.41, 5.74) is 0.954. The van der Waals surface area contributed by atoms with E-state index in [4.69, 9.17) is 11.6 Å². The van der Waals surface area contributed by atoms with E-state index >= 15 is 0 Å². The molecule has 0 saturated carbocycles. The summed E-state index contributed by atoms with van der Waals surface area (Å²) >= 11 is 5.82. The van der Waals surface area contributed by atoms with Crippen molar-refractivity contribution in [2.24, 2.45) is 0 Å². The van der Waals surface area contributed by atoms with Crippen molar-refractivity contribution in [3.8, 4) is 0 Å². The fourth-order valence-corrected chi connectivity index (χ4v) is 2.84. The highest BCUT2D eigenvalue weighted by Gasteiger charge is 2.19. The zero-order valence-corrected chi connectivity index (χ0v) is 13.9. The van der Waals surface area contributed by atoms with E-state index in [2.05, 4.69) is 20.9 Å². The molecule has 3 N–H and O–H groups in total. The van der Waals surface area contributed by atoms with Crippen LogP contribution in [0.2, 0.25) is 5.02 Å². The maximum Gasteiger partial charge on any atom is 0.273 e. The van der Waals surface area contributed by atoms with Gasteiger partial charge >= 0.3 is 0 Å². The molecule has 24 heavy (non-hydrogen) atoms. The van der Waals surface area contributed by atoms with Gasteiger partial charge in [0.25, 0.3) is 5.91 Å². The van der Waals surface area contributed by atoms with Gasteiger partial charge in [0, 0.05) is 11.6 Å². The number of hydrogen-bond donors (Lipinski definition) is 3. The van der Waals surface area contributed by atoms with E-state index < -0.39 is 6.10 Å². The molecular formula is C16H20ClN5O2. The number of aliphatic hydroxyl groups excluding tert-OH is 1. The van der Waals surface area contributed by atoms with Gasteiger partial charge < -0.3 is 15.7 Å². The summed E-state index contributed by atoms with van der Waals surface area (Å²) in [6.45, 7) is 1.99. The molecular weight excluding hydrogens is 330 g/mol. The maximum atomic E-state index is 12.2. The minimum atomic E-state index is -0.800. The Hall–Kier alpha value is -1.96. The number of rotatable bonds is 5. The molecule has 1 aromatic heterocycles. The van der Waals surface area contributed by atoms with E-state index in [-0.39, 0.29) is 24.2 Å². The average molecular weight is 350 g/mol. The van der Waals surface area contributed by atoms with Crippen LogP contribution in [-0.4, -0.2) is 45.6 Å². The van der Waals surface area contributed by atoms with Crippen molar-refractivity contribution in [1.29, 1.82) is 0 Å². The molecule has 0 bridgehead atoms. The molecule has 1 amide bonds. The molecule has 0 radical (unpaired) electrons. The van der Waals surface area contributed by atoms with E-state index in [1.165, 1.54) is 0 Å². The second-order valence-electron chi connectivity index (χ2n) is 5.84. The number of carbonyl (C=O) groups excluding carboxylic acids is 1. The van der Waals surface area contributed by atoms with Crippen molar-refractivity contribution in [3.63, 3.8) is 0 Å². The van der Waals surface area contributed by atoms with Crippen LogP contribution in [0.5, 0.6) is 0 Å². The number of hydrogen-bond acceptors (Lipinski definition) is 5. The van der Waals surface area contributed by atoms with Gasteiger partial charge in [-0.3, -0.25) is 4.79 Å². The zero-order chi connectivity index (χ0) is 16.9. The van der Waals surface area contributed by atoms with Gasteiger partial charge in [-0.25, -0.2) is 4.68 Å². The van der Waals surface area contributed by atoms with Gasteiger partial charge in [0.15, 0.2) is 5.69 Å². The number of carbonyl (C=O) groups is 1. The highest BCUT2D eigenvalue weighted by atomic mass is 35.5. The Morgan fingerprint density at radius 1 is 1.38 bits per heavy atom. The number of benzene rings is 1. The van der Waals surface area contributed by atoms with Crippen LogP contribution in [0.25, 0.3) is 0 Å². The third-order valence-electron chi connectivity index (χ3n) is 4.14. The first-order valence-corrected chi connectivity index (χ1v) is 8.35. The number of nitrogens with zero attached hydrogens (tertiary/aromatic N) is 3. The lowest BCUT2D eigenvalue weighted by Crippen LogP contribution is -2.30. The number of aromatic nitrogens is 3. The highest BCUT2D eigenvalue weighted by molar-refractivity contribution is 6.30. The summed E-state index contributed by atoms with van der Waals surface area (Å²) in [5.74, 6) is -0.344. The fraction of sp³-hybridized carbons (Fsp3) is 0.438. The van der Waals surface area contributed by atoms with Crippen molar-refractivity contribution in [3.05, 3.63) is 46.7 Å². The minimum Gasteiger partial charge on any atom is -0.387 e. The quantitative estimate of drug-likeness (QED) is 0.757. The van der Waals surface area contributed by atoms with Crippen molar-refractivity contribution in [1.82, 2.24) is 25.6 Å². The molecule has 8 heteroatoms. The first-order chi connectivity index (χ1) is 11.6. The molecule has 2 aromatic rings. The van der Waals surface area contributed by atoms with Crippen molar-refractivity contribution in [2.45, 2.75) is 25.0 Å². The molecule has 0 spiro atoms. The summed E-state index contributed by atoms with van der Waals surface area (Å²) in [6.07, 6.45) is 2.81. The van der Waals surface area contributed by atoms with Crippen LogP contribution in [-0.2, 0) is 0 Å². The smallest absolute Gasteiger partial charge is 0.273 e. The van der Waals surface area contributed by atoms with Crippen LogP contribution in [0.3, 0.4) is 0 Å². The van der Waals surface area contributed by atoms with Crippen LogP contribution in [0.1, 0.15) is 41.0 Å². The van der Waals surface area contributed by atoms with Crippen LogP contribution >= 0.6 is 11.6 Å². The van der Waals surface area contributed by atoms with E-state index in [0.29, 0.717) is 10.6 Å². The Labute approximate surface area is 145 Å². The van der Waals surface area contributed by atoms with Crippen LogP contribution in [0, 0.1) is 0 Å². The molecule has 1 aromatic carbocycles. The van der Waals surface area contributed by atoms with Crippen molar-refractivity contribution < 1.29 is 9.90 Å². The Morgan fingerprint density at radius 2 is 2.08 bits per heavy atom. The SMILES string of the molecule is O=C(NC[C@H](O)c1ccc(Cl)cc1)c1cn(C2CCNCC2)nn1. The number of amides is 1. The minimum absolute atomic E-state index is 0.0979. The third-order valence-corrected chi connectivity index (χ3v) is 4.39. The van der Waals surface area contributed by atoms with E-state index in [1.54, 1.807) is 35.1 Å². The molecule has 3 rings (SSSR count). The molecule has 2 heterocycles. The zero-order valence-electron chi connectivity index (χ0n) is 13.2. The van der Waals surface area contributed by atoms with Crippen LogP contribution < -0.4 is 10.6 Å². The lowest BCUT2D eigenvalue weighted by atomic mass is 10.1. The average Bonchev–Trinajstić information content (AvgIpc) is 3.11. The molecule has 0 unspecified atom stereocenters. The Balaban J connectivity index is 1.55. The summed E-state index contributed by atoms with van der Waals surface area (Å²) in [5, 5.41) is 24.7. The predicted octanol–water partition coefficient (Wildman–Crippen LogP) is 1.32. The first kappa shape index (κ1) is 16.9. The van der Waals surface area contributed by atoms with Crippen LogP contribution in [0.15, 0.2) is 30.5 Å². The molecule has 1 aliphatic rings. The fourth-order valence-electron chi connectivity index (χ4n) is 2.71. The van der Waals surface area contributed by atoms with Crippen LogP contribution in [0.4, 0.5) is 0 Å². The number of nitrogens with one attached hydrogen (secondary N) is 2.